The SMILES string of the molecule is CSc1ncccc1C(=O)Nc1nncs1. The van der Waals surface area contributed by atoms with E-state index in [4.69, 9.17) is 0 Å². The van der Waals surface area contributed by atoms with Crippen molar-refractivity contribution >= 4 is 34.1 Å². The smallest absolute Gasteiger partial charge is 0.260 e. The van der Waals surface area contributed by atoms with Gasteiger partial charge < -0.3 is 0 Å². The Morgan fingerprint density at radius 1 is 1.56 bits per heavy atom. The Labute approximate surface area is 100 Å². The van der Waals surface area contributed by atoms with E-state index >= 15 is 0 Å². The molecule has 0 saturated heterocycles. The number of amides is 1. The van der Waals surface area contributed by atoms with Crippen LogP contribution in [0.25, 0.3) is 0 Å². The van der Waals surface area contributed by atoms with Crippen LogP contribution in [0.1, 0.15) is 10.4 Å². The molecule has 2 aromatic rings. The van der Waals surface area contributed by atoms with Gasteiger partial charge in [-0.05, 0) is 18.4 Å². The van der Waals surface area contributed by atoms with Crippen LogP contribution in [0.3, 0.4) is 0 Å². The summed E-state index contributed by atoms with van der Waals surface area (Å²) in [6.45, 7) is 0. The Morgan fingerprint density at radius 2 is 2.44 bits per heavy atom. The van der Waals surface area contributed by atoms with Crippen molar-refractivity contribution < 1.29 is 4.79 Å². The van der Waals surface area contributed by atoms with Crippen LogP contribution >= 0.6 is 23.1 Å². The molecule has 0 aromatic carbocycles. The van der Waals surface area contributed by atoms with Gasteiger partial charge in [-0.25, -0.2) is 4.98 Å². The van der Waals surface area contributed by atoms with Crippen molar-refractivity contribution in [3.8, 4) is 0 Å². The Morgan fingerprint density at radius 3 is 3.12 bits per heavy atom. The van der Waals surface area contributed by atoms with Crippen molar-refractivity contribution in [3.63, 3.8) is 0 Å². The van der Waals surface area contributed by atoms with Gasteiger partial charge in [-0.15, -0.1) is 22.0 Å². The predicted molar refractivity (Wildman–Crippen MR) is 63.9 cm³/mol. The van der Waals surface area contributed by atoms with E-state index in [-0.39, 0.29) is 5.91 Å². The summed E-state index contributed by atoms with van der Waals surface area (Å²) in [6, 6.07) is 3.46. The topological polar surface area (TPSA) is 67.8 Å². The molecule has 0 bridgehead atoms. The first-order valence-corrected chi connectivity index (χ1v) is 6.48. The molecule has 0 radical (unpaired) electrons. The highest BCUT2D eigenvalue weighted by atomic mass is 32.2. The van der Waals surface area contributed by atoms with E-state index in [1.165, 1.54) is 23.1 Å². The molecule has 2 heterocycles. The highest BCUT2D eigenvalue weighted by Crippen LogP contribution is 2.18. The lowest BCUT2D eigenvalue weighted by molar-refractivity contribution is 0.102. The number of nitrogens with zero attached hydrogens (tertiary/aromatic N) is 3. The Kier molecular flexibility index (Phi) is 3.47. The quantitative estimate of drug-likeness (QED) is 0.845. The maximum Gasteiger partial charge on any atom is 0.260 e. The third-order valence-electron chi connectivity index (χ3n) is 1.79. The molecule has 0 saturated carbocycles. The summed E-state index contributed by atoms with van der Waals surface area (Å²) in [5.74, 6) is -0.214. The zero-order valence-electron chi connectivity index (χ0n) is 8.38. The van der Waals surface area contributed by atoms with Crippen molar-refractivity contribution in [2.45, 2.75) is 5.03 Å². The van der Waals surface area contributed by atoms with Gasteiger partial charge in [-0.3, -0.25) is 10.1 Å². The molecule has 5 nitrogen and oxygen atoms in total. The Hall–Kier alpha value is -1.47. The van der Waals surface area contributed by atoms with Gasteiger partial charge in [0.25, 0.3) is 5.91 Å². The second-order valence-electron chi connectivity index (χ2n) is 2.76. The molecule has 0 atom stereocenters. The van der Waals surface area contributed by atoms with Crippen molar-refractivity contribution in [2.24, 2.45) is 0 Å². The fourth-order valence-electron chi connectivity index (χ4n) is 1.12. The molecule has 2 rings (SSSR count). The second-order valence-corrected chi connectivity index (χ2v) is 4.39. The van der Waals surface area contributed by atoms with Crippen LogP contribution in [0.4, 0.5) is 5.13 Å². The summed E-state index contributed by atoms with van der Waals surface area (Å²) in [4.78, 5) is 16.0. The average Bonchev–Trinajstić information content (AvgIpc) is 2.81. The molecular weight excluding hydrogens is 244 g/mol. The molecule has 82 valence electrons. The number of aromatic nitrogens is 3. The molecule has 0 fully saturated rings. The number of carbonyl (C=O) groups is 1. The zero-order chi connectivity index (χ0) is 11.4. The molecule has 0 spiro atoms. The largest absolute Gasteiger partial charge is 0.296 e. The van der Waals surface area contributed by atoms with Gasteiger partial charge in [-0.1, -0.05) is 11.3 Å². The van der Waals surface area contributed by atoms with Gasteiger partial charge in [0.1, 0.15) is 10.5 Å². The van der Waals surface area contributed by atoms with Gasteiger partial charge in [0.05, 0.1) is 5.56 Å². The third-order valence-corrected chi connectivity index (χ3v) is 3.11. The molecule has 1 amide bonds. The van der Waals surface area contributed by atoms with Gasteiger partial charge in [0.2, 0.25) is 5.13 Å². The summed E-state index contributed by atoms with van der Waals surface area (Å²) in [7, 11) is 0. The van der Waals surface area contributed by atoms with Crippen LogP contribution in [-0.4, -0.2) is 27.3 Å². The lowest BCUT2D eigenvalue weighted by atomic mass is 10.3. The second kappa shape index (κ2) is 5.04. The van der Waals surface area contributed by atoms with E-state index < -0.39 is 0 Å². The minimum Gasteiger partial charge on any atom is -0.296 e. The molecule has 1 N–H and O–H groups in total. The minimum atomic E-state index is -0.214. The molecule has 7 heteroatoms. The minimum absolute atomic E-state index is 0.214. The first-order valence-electron chi connectivity index (χ1n) is 4.38. The molecule has 0 aliphatic heterocycles. The summed E-state index contributed by atoms with van der Waals surface area (Å²) >= 11 is 2.71. The van der Waals surface area contributed by atoms with E-state index in [0.29, 0.717) is 15.7 Å². The number of carbonyl (C=O) groups excluding carboxylic acids is 1. The number of hydrogen-bond donors (Lipinski definition) is 1. The predicted octanol–water partition coefficient (Wildman–Crippen LogP) is 1.91. The molecule has 2 aromatic heterocycles. The fourth-order valence-corrected chi connectivity index (χ4v) is 2.11. The van der Waals surface area contributed by atoms with Crippen LogP contribution in [-0.2, 0) is 0 Å². The van der Waals surface area contributed by atoms with Crippen molar-refractivity contribution in [1.29, 1.82) is 0 Å². The summed E-state index contributed by atoms with van der Waals surface area (Å²) in [6.07, 6.45) is 3.54. The number of anilines is 1. The highest BCUT2D eigenvalue weighted by Gasteiger charge is 2.12. The van der Waals surface area contributed by atoms with Crippen LogP contribution in [0.15, 0.2) is 28.9 Å². The van der Waals surface area contributed by atoms with Crippen molar-refractivity contribution in [1.82, 2.24) is 15.2 Å². The lowest BCUT2D eigenvalue weighted by Crippen LogP contribution is -2.13. The zero-order valence-corrected chi connectivity index (χ0v) is 10.0. The monoisotopic (exact) mass is 252 g/mol. The van der Waals surface area contributed by atoms with E-state index in [1.54, 1.807) is 23.8 Å². The normalized spacial score (nSPS) is 10.1. The highest BCUT2D eigenvalue weighted by molar-refractivity contribution is 7.98. The number of pyridine rings is 1. The number of thioether (sulfide) groups is 1. The first-order chi connectivity index (χ1) is 7.81. The number of nitrogens with one attached hydrogen (secondary N) is 1. The molecular formula is C9H8N4OS2. The summed E-state index contributed by atoms with van der Waals surface area (Å²) in [5, 5.41) is 11.2. The average molecular weight is 252 g/mol. The lowest BCUT2D eigenvalue weighted by Gasteiger charge is -2.04. The van der Waals surface area contributed by atoms with E-state index in [1.807, 2.05) is 6.26 Å². The van der Waals surface area contributed by atoms with E-state index in [2.05, 4.69) is 20.5 Å². The van der Waals surface area contributed by atoms with Crippen molar-refractivity contribution in [3.05, 3.63) is 29.4 Å². The van der Waals surface area contributed by atoms with Crippen LogP contribution in [0, 0.1) is 0 Å². The summed E-state index contributed by atoms with van der Waals surface area (Å²) < 4.78 is 0. The third kappa shape index (κ3) is 2.37. The van der Waals surface area contributed by atoms with Gasteiger partial charge >= 0.3 is 0 Å². The van der Waals surface area contributed by atoms with Crippen LogP contribution in [0.5, 0.6) is 0 Å². The van der Waals surface area contributed by atoms with Crippen molar-refractivity contribution in [2.75, 3.05) is 11.6 Å². The Bertz CT molecular complexity index is 486. The first kappa shape index (κ1) is 11.0. The van der Waals surface area contributed by atoms with E-state index in [0.717, 1.165) is 0 Å². The van der Waals surface area contributed by atoms with Gasteiger partial charge in [0, 0.05) is 6.20 Å². The summed E-state index contributed by atoms with van der Waals surface area (Å²) in [5.41, 5.74) is 2.11. The molecule has 0 aliphatic rings. The Balaban J connectivity index is 2.21. The van der Waals surface area contributed by atoms with Crippen LogP contribution in [0.2, 0.25) is 0 Å². The number of hydrogen-bond acceptors (Lipinski definition) is 6. The van der Waals surface area contributed by atoms with E-state index in [9.17, 15) is 4.79 Å². The van der Waals surface area contributed by atoms with Gasteiger partial charge in [-0.2, -0.15) is 0 Å². The molecule has 16 heavy (non-hydrogen) atoms. The molecule has 0 aliphatic carbocycles. The maximum atomic E-state index is 11.9. The maximum absolute atomic E-state index is 11.9. The van der Waals surface area contributed by atoms with Gasteiger partial charge in [0.15, 0.2) is 0 Å². The standard InChI is InChI=1S/C9H8N4OS2/c1-15-8-6(3-2-4-10-8)7(14)12-9-13-11-5-16-9/h2-5H,1H3,(H,12,13,14). The molecule has 0 unspecified atom stereocenters. The van der Waals surface area contributed by atoms with Crippen LogP contribution < -0.4 is 5.32 Å². The fraction of sp³-hybridized carbons (Fsp3) is 0.111. The number of rotatable bonds is 3.